The van der Waals surface area contributed by atoms with Crippen LogP contribution in [-0.2, 0) is 0 Å². The van der Waals surface area contributed by atoms with Gasteiger partial charge in [0.15, 0.2) is 0 Å². The molecule has 0 saturated carbocycles. The Morgan fingerprint density at radius 2 is 1.62 bits per heavy atom. The minimum atomic E-state index is -0.265. The van der Waals surface area contributed by atoms with Gasteiger partial charge >= 0.3 is 0 Å². The van der Waals surface area contributed by atoms with E-state index in [1.54, 1.807) is 55.6 Å². The van der Waals surface area contributed by atoms with Gasteiger partial charge in [0.1, 0.15) is 5.75 Å². The van der Waals surface area contributed by atoms with Crippen LogP contribution in [-0.4, -0.2) is 25.5 Å². The molecule has 0 fully saturated rings. The second-order valence-electron chi connectivity index (χ2n) is 5.87. The van der Waals surface area contributed by atoms with Crippen LogP contribution in [0.3, 0.4) is 0 Å². The molecule has 0 unspecified atom stereocenters. The Labute approximate surface area is 142 Å². The molecule has 2 N–H and O–H groups in total. The molecule has 0 bridgehead atoms. The number of carbonyl (C=O) groups excluding carboxylic acids is 2. The summed E-state index contributed by atoms with van der Waals surface area (Å²) in [6.45, 7) is 4.65. The largest absolute Gasteiger partial charge is 0.497 e. The Morgan fingerprint density at radius 1 is 1.00 bits per heavy atom. The molecule has 2 aromatic rings. The molecule has 0 aromatic heterocycles. The van der Waals surface area contributed by atoms with Gasteiger partial charge in [-0.2, -0.15) is 0 Å². The van der Waals surface area contributed by atoms with E-state index in [1.165, 1.54) is 0 Å². The summed E-state index contributed by atoms with van der Waals surface area (Å²) >= 11 is 0. The maximum Gasteiger partial charge on any atom is 0.255 e. The van der Waals surface area contributed by atoms with Crippen molar-refractivity contribution in [1.82, 2.24) is 5.32 Å². The molecule has 5 heteroatoms. The van der Waals surface area contributed by atoms with Gasteiger partial charge in [0, 0.05) is 23.4 Å². The monoisotopic (exact) mass is 326 g/mol. The average Bonchev–Trinajstić information content (AvgIpc) is 2.60. The number of rotatable bonds is 6. The number of methoxy groups -OCH3 is 1. The Morgan fingerprint density at radius 3 is 2.21 bits per heavy atom. The van der Waals surface area contributed by atoms with Gasteiger partial charge in [-0.15, -0.1) is 0 Å². The number of nitrogens with one attached hydrogen (secondary N) is 2. The van der Waals surface area contributed by atoms with Crippen LogP contribution in [0, 0.1) is 5.92 Å². The number of amides is 2. The summed E-state index contributed by atoms with van der Waals surface area (Å²) in [7, 11) is 1.59. The van der Waals surface area contributed by atoms with Gasteiger partial charge in [-0.05, 0) is 48.4 Å². The third-order valence-electron chi connectivity index (χ3n) is 3.41. The van der Waals surface area contributed by atoms with E-state index in [9.17, 15) is 9.59 Å². The normalized spacial score (nSPS) is 10.3. The van der Waals surface area contributed by atoms with Gasteiger partial charge in [-0.3, -0.25) is 9.59 Å². The van der Waals surface area contributed by atoms with Crippen LogP contribution < -0.4 is 15.4 Å². The fourth-order valence-corrected chi connectivity index (χ4v) is 2.08. The molecule has 0 heterocycles. The molecule has 0 spiro atoms. The zero-order valence-electron chi connectivity index (χ0n) is 14.1. The fourth-order valence-electron chi connectivity index (χ4n) is 2.08. The van der Waals surface area contributed by atoms with Crippen LogP contribution in [0.4, 0.5) is 5.69 Å². The predicted octanol–water partition coefficient (Wildman–Crippen LogP) is 3.33. The van der Waals surface area contributed by atoms with Crippen molar-refractivity contribution in [3.05, 3.63) is 59.7 Å². The van der Waals surface area contributed by atoms with E-state index < -0.39 is 0 Å². The fraction of sp³-hybridized carbons (Fsp3) is 0.263. The lowest BCUT2D eigenvalue weighted by atomic mass is 10.1. The highest BCUT2D eigenvalue weighted by Gasteiger charge is 2.11. The predicted molar refractivity (Wildman–Crippen MR) is 94.6 cm³/mol. The molecule has 0 aliphatic heterocycles. The molecular weight excluding hydrogens is 304 g/mol. The number of benzene rings is 2. The van der Waals surface area contributed by atoms with Gasteiger partial charge in [0.05, 0.1) is 7.11 Å². The SMILES string of the molecule is COc1ccc(NC(=O)c2cccc(C(=O)NCC(C)C)c2)cc1. The van der Waals surface area contributed by atoms with Crippen LogP contribution in [0.15, 0.2) is 48.5 Å². The number of carbonyl (C=O) groups is 2. The highest BCUT2D eigenvalue weighted by molar-refractivity contribution is 6.06. The first-order chi connectivity index (χ1) is 11.5. The molecule has 24 heavy (non-hydrogen) atoms. The number of anilines is 1. The second-order valence-corrected chi connectivity index (χ2v) is 5.87. The summed E-state index contributed by atoms with van der Waals surface area (Å²) in [5, 5.41) is 5.64. The van der Waals surface area contributed by atoms with Gasteiger partial charge in [0.2, 0.25) is 0 Å². The Hall–Kier alpha value is -2.82. The van der Waals surface area contributed by atoms with Crippen LogP contribution in [0.5, 0.6) is 5.75 Å². The molecule has 0 aliphatic rings. The smallest absolute Gasteiger partial charge is 0.255 e. The van der Waals surface area contributed by atoms with E-state index in [-0.39, 0.29) is 11.8 Å². The summed E-state index contributed by atoms with van der Waals surface area (Å²) in [6, 6.07) is 13.7. The first kappa shape index (κ1) is 17.5. The van der Waals surface area contributed by atoms with E-state index >= 15 is 0 Å². The summed E-state index contributed by atoms with van der Waals surface area (Å²) in [5.41, 5.74) is 1.57. The summed E-state index contributed by atoms with van der Waals surface area (Å²) in [4.78, 5) is 24.4. The lowest BCUT2D eigenvalue weighted by molar-refractivity contribution is 0.0949. The maximum absolute atomic E-state index is 12.3. The van der Waals surface area contributed by atoms with E-state index in [0.717, 1.165) is 5.75 Å². The molecule has 126 valence electrons. The van der Waals surface area contributed by atoms with Crippen molar-refractivity contribution in [2.45, 2.75) is 13.8 Å². The Kier molecular flexibility index (Phi) is 5.95. The van der Waals surface area contributed by atoms with Gasteiger partial charge in [-0.25, -0.2) is 0 Å². The average molecular weight is 326 g/mol. The van der Waals surface area contributed by atoms with Crippen molar-refractivity contribution in [3.8, 4) is 5.75 Å². The topological polar surface area (TPSA) is 67.4 Å². The second kappa shape index (κ2) is 8.15. The highest BCUT2D eigenvalue weighted by atomic mass is 16.5. The molecule has 0 atom stereocenters. The van der Waals surface area contributed by atoms with Gasteiger partial charge in [-0.1, -0.05) is 19.9 Å². The molecule has 2 amide bonds. The number of hydrogen-bond acceptors (Lipinski definition) is 3. The lowest BCUT2D eigenvalue weighted by Crippen LogP contribution is -2.27. The van der Waals surface area contributed by atoms with Crippen molar-refractivity contribution in [3.63, 3.8) is 0 Å². The van der Waals surface area contributed by atoms with Gasteiger partial charge in [0.25, 0.3) is 11.8 Å². The number of ether oxygens (including phenoxy) is 1. The minimum Gasteiger partial charge on any atom is -0.497 e. The van der Waals surface area contributed by atoms with E-state index in [2.05, 4.69) is 10.6 Å². The first-order valence-corrected chi connectivity index (χ1v) is 7.83. The standard InChI is InChI=1S/C19H22N2O3/c1-13(2)12-20-18(22)14-5-4-6-15(11-14)19(23)21-16-7-9-17(24-3)10-8-16/h4-11,13H,12H2,1-3H3,(H,20,22)(H,21,23). The number of hydrogen-bond donors (Lipinski definition) is 2. The van der Waals surface area contributed by atoms with Gasteiger partial charge < -0.3 is 15.4 Å². The minimum absolute atomic E-state index is 0.178. The van der Waals surface area contributed by atoms with Crippen molar-refractivity contribution in [1.29, 1.82) is 0 Å². The molecular formula is C19H22N2O3. The van der Waals surface area contributed by atoms with Crippen LogP contribution >= 0.6 is 0 Å². The summed E-state index contributed by atoms with van der Waals surface area (Å²) < 4.78 is 5.08. The molecule has 0 radical (unpaired) electrons. The Balaban J connectivity index is 2.06. The zero-order chi connectivity index (χ0) is 17.5. The lowest BCUT2D eigenvalue weighted by Gasteiger charge is -2.09. The molecule has 2 aromatic carbocycles. The van der Waals surface area contributed by atoms with Crippen molar-refractivity contribution in [2.24, 2.45) is 5.92 Å². The molecule has 0 saturated heterocycles. The third-order valence-corrected chi connectivity index (χ3v) is 3.41. The van der Waals surface area contributed by atoms with E-state index in [0.29, 0.717) is 29.3 Å². The van der Waals surface area contributed by atoms with E-state index in [4.69, 9.17) is 4.74 Å². The van der Waals surface area contributed by atoms with E-state index in [1.807, 2.05) is 13.8 Å². The molecule has 2 rings (SSSR count). The maximum atomic E-state index is 12.3. The van der Waals surface area contributed by atoms with Crippen LogP contribution in [0.25, 0.3) is 0 Å². The highest BCUT2D eigenvalue weighted by Crippen LogP contribution is 2.16. The van der Waals surface area contributed by atoms with Crippen LogP contribution in [0.1, 0.15) is 34.6 Å². The van der Waals surface area contributed by atoms with Crippen molar-refractivity contribution in [2.75, 3.05) is 19.0 Å². The quantitative estimate of drug-likeness (QED) is 0.855. The van der Waals surface area contributed by atoms with Crippen molar-refractivity contribution < 1.29 is 14.3 Å². The summed E-state index contributed by atoms with van der Waals surface area (Å²) in [5.74, 6) is 0.647. The summed E-state index contributed by atoms with van der Waals surface area (Å²) in [6.07, 6.45) is 0. The Bertz CT molecular complexity index is 709. The molecule has 5 nitrogen and oxygen atoms in total. The third kappa shape index (κ3) is 4.84. The first-order valence-electron chi connectivity index (χ1n) is 7.83. The van der Waals surface area contributed by atoms with Crippen molar-refractivity contribution >= 4 is 17.5 Å². The van der Waals surface area contributed by atoms with Crippen LogP contribution in [0.2, 0.25) is 0 Å². The molecule has 0 aliphatic carbocycles. The zero-order valence-corrected chi connectivity index (χ0v) is 14.1.